The number of hydrogen-bond donors (Lipinski definition) is 2. The van der Waals surface area contributed by atoms with E-state index in [0.29, 0.717) is 21.2 Å². The van der Waals surface area contributed by atoms with Crippen LogP contribution >= 0.6 is 23.2 Å². The molecule has 2 N–H and O–H groups in total. The van der Waals surface area contributed by atoms with Gasteiger partial charge in [0.05, 0.1) is 5.56 Å². The summed E-state index contributed by atoms with van der Waals surface area (Å²) in [7, 11) is 0. The lowest BCUT2D eigenvalue weighted by atomic mass is 9.95. The molecular formula is C24H17Cl2NO3. The number of rotatable bonds is 5. The molecule has 6 heteroatoms. The van der Waals surface area contributed by atoms with E-state index in [-0.39, 0.29) is 6.42 Å². The average molecular weight is 438 g/mol. The van der Waals surface area contributed by atoms with Gasteiger partial charge in [0, 0.05) is 16.5 Å². The van der Waals surface area contributed by atoms with Crippen molar-refractivity contribution >= 4 is 56.6 Å². The lowest BCUT2D eigenvalue weighted by molar-refractivity contribution is -0.139. The maximum atomic E-state index is 13.3. The third kappa shape index (κ3) is 3.97. The number of carboxylic acid groups (broad SMARTS) is 1. The van der Waals surface area contributed by atoms with Gasteiger partial charge in [0.15, 0.2) is 0 Å². The zero-order valence-electron chi connectivity index (χ0n) is 15.7. The van der Waals surface area contributed by atoms with Crippen molar-refractivity contribution in [3.05, 3.63) is 94.0 Å². The minimum Gasteiger partial charge on any atom is -0.480 e. The molecule has 4 nitrogen and oxygen atoms in total. The van der Waals surface area contributed by atoms with E-state index in [1.807, 2.05) is 54.6 Å². The Hall–Kier alpha value is -3.08. The molecule has 0 saturated carbocycles. The minimum atomic E-state index is -1.14. The van der Waals surface area contributed by atoms with Crippen molar-refractivity contribution < 1.29 is 14.7 Å². The van der Waals surface area contributed by atoms with Gasteiger partial charge in [-0.2, -0.15) is 0 Å². The monoisotopic (exact) mass is 437 g/mol. The molecule has 0 aliphatic carbocycles. The molecule has 0 saturated heterocycles. The fraction of sp³-hybridized carbons (Fsp3) is 0.0833. The van der Waals surface area contributed by atoms with Crippen molar-refractivity contribution in [2.24, 2.45) is 0 Å². The van der Waals surface area contributed by atoms with Crippen molar-refractivity contribution in [1.82, 2.24) is 5.32 Å². The summed E-state index contributed by atoms with van der Waals surface area (Å²) in [6.45, 7) is 0. The number of carbonyl (C=O) groups excluding carboxylic acids is 1. The maximum absolute atomic E-state index is 13.3. The summed E-state index contributed by atoms with van der Waals surface area (Å²) in [5.41, 5.74) is 1.05. The molecule has 150 valence electrons. The lowest BCUT2D eigenvalue weighted by Crippen LogP contribution is -2.42. The van der Waals surface area contributed by atoms with E-state index in [1.165, 1.54) is 0 Å². The molecular weight excluding hydrogens is 421 g/mol. The fourth-order valence-electron chi connectivity index (χ4n) is 3.60. The van der Waals surface area contributed by atoms with Crippen LogP contribution in [0.15, 0.2) is 72.8 Å². The molecule has 1 amide bonds. The fourth-order valence-corrected chi connectivity index (χ4v) is 4.08. The van der Waals surface area contributed by atoms with Crippen LogP contribution in [-0.4, -0.2) is 23.0 Å². The van der Waals surface area contributed by atoms with Gasteiger partial charge in [-0.3, -0.25) is 4.79 Å². The largest absolute Gasteiger partial charge is 0.480 e. The Balaban J connectivity index is 1.74. The van der Waals surface area contributed by atoms with Crippen LogP contribution in [0.2, 0.25) is 10.0 Å². The molecule has 0 aliphatic rings. The van der Waals surface area contributed by atoms with E-state index in [2.05, 4.69) is 5.32 Å². The first-order valence-electron chi connectivity index (χ1n) is 9.32. The number of hydrogen-bond acceptors (Lipinski definition) is 2. The minimum absolute atomic E-state index is 0.0414. The van der Waals surface area contributed by atoms with Gasteiger partial charge in [0.25, 0.3) is 5.91 Å². The van der Waals surface area contributed by atoms with Crippen molar-refractivity contribution in [3.63, 3.8) is 0 Å². The Morgan fingerprint density at radius 3 is 2.03 bits per heavy atom. The van der Waals surface area contributed by atoms with Crippen molar-refractivity contribution in [2.75, 3.05) is 0 Å². The van der Waals surface area contributed by atoms with Gasteiger partial charge in [-0.1, -0.05) is 77.8 Å². The summed E-state index contributed by atoms with van der Waals surface area (Å²) in [6.07, 6.45) is 0.0414. The van der Waals surface area contributed by atoms with E-state index >= 15 is 0 Å². The number of carbonyl (C=O) groups is 2. The third-order valence-electron chi connectivity index (χ3n) is 5.04. The van der Waals surface area contributed by atoms with E-state index in [1.54, 1.807) is 18.2 Å². The first-order valence-corrected chi connectivity index (χ1v) is 10.1. The number of benzene rings is 4. The van der Waals surface area contributed by atoms with E-state index in [4.69, 9.17) is 23.2 Å². The number of aliphatic carboxylic acids is 1. The van der Waals surface area contributed by atoms with Crippen LogP contribution in [0.25, 0.3) is 21.5 Å². The quantitative estimate of drug-likeness (QED) is 0.392. The van der Waals surface area contributed by atoms with Crippen LogP contribution in [0.1, 0.15) is 15.9 Å². The second kappa shape index (κ2) is 8.34. The van der Waals surface area contributed by atoms with Crippen LogP contribution < -0.4 is 5.32 Å². The Labute approximate surface area is 183 Å². The average Bonchev–Trinajstić information content (AvgIpc) is 2.73. The SMILES string of the molecule is O=C(N[C@@H](Cc1ccc(Cl)cc1Cl)C(=O)O)c1c2ccccc2cc2ccccc12. The first kappa shape index (κ1) is 20.2. The number of nitrogens with one attached hydrogen (secondary N) is 1. The van der Waals surface area contributed by atoms with Crippen LogP contribution in [0, 0.1) is 0 Å². The molecule has 0 aromatic heterocycles. The molecule has 0 fully saturated rings. The lowest BCUT2D eigenvalue weighted by Gasteiger charge is -2.17. The Morgan fingerprint density at radius 2 is 1.47 bits per heavy atom. The molecule has 0 heterocycles. The molecule has 0 spiro atoms. The highest BCUT2D eigenvalue weighted by atomic mass is 35.5. The van der Waals surface area contributed by atoms with Gasteiger partial charge in [-0.25, -0.2) is 4.79 Å². The predicted octanol–water partition coefficient (Wildman–Crippen LogP) is 5.73. The molecule has 4 aromatic rings. The van der Waals surface area contributed by atoms with Crippen LogP contribution in [0.3, 0.4) is 0 Å². The van der Waals surface area contributed by atoms with Crippen LogP contribution in [-0.2, 0) is 11.2 Å². The van der Waals surface area contributed by atoms with E-state index in [9.17, 15) is 14.7 Å². The zero-order valence-corrected chi connectivity index (χ0v) is 17.2. The second-order valence-corrected chi connectivity index (χ2v) is 7.84. The second-order valence-electron chi connectivity index (χ2n) is 7.00. The molecule has 0 bridgehead atoms. The number of fused-ring (bicyclic) bond motifs is 2. The molecule has 0 aliphatic heterocycles. The van der Waals surface area contributed by atoms with Gasteiger partial charge < -0.3 is 10.4 Å². The smallest absolute Gasteiger partial charge is 0.326 e. The summed E-state index contributed by atoms with van der Waals surface area (Å²) in [6, 6.07) is 20.8. The van der Waals surface area contributed by atoms with Crippen molar-refractivity contribution in [3.8, 4) is 0 Å². The maximum Gasteiger partial charge on any atom is 0.326 e. The Kier molecular flexibility index (Phi) is 5.62. The molecule has 0 unspecified atom stereocenters. The zero-order chi connectivity index (χ0) is 21.3. The Morgan fingerprint density at radius 1 is 0.867 bits per heavy atom. The first-order chi connectivity index (χ1) is 14.4. The summed E-state index contributed by atoms with van der Waals surface area (Å²) < 4.78 is 0. The molecule has 1 atom stereocenters. The number of amides is 1. The van der Waals surface area contributed by atoms with Gasteiger partial charge in [0.1, 0.15) is 6.04 Å². The number of carboxylic acids is 1. The Bertz CT molecular complexity index is 1230. The summed E-state index contributed by atoms with van der Waals surface area (Å²) >= 11 is 12.1. The number of halogens is 2. The molecule has 0 radical (unpaired) electrons. The predicted molar refractivity (Wildman–Crippen MR) is 121 cm³/mol. The highest BCUT2D eigenvalue weighted by molar-refractivity contribution is 6.35. The summed E-state index contributed by atoms with van der Waals surface area (Å²) in [4.78, 5) is 25.2. The molecule has 4 aromatic carbocycles. The van der Waals surface area contributed by atoms with Crippen molar-refractivity contribution in [1.29, 1.82) is 0 Å². The van der Waals surface area contributed by atoms with Gasteiger partial charge in [0.2, 0.25) is 0 Å². The topological polar surface area (TPSA) is 66.4 Å². The van der Waals surface area contributed by atoms with E-state index < -0.39 is 17.9 Å². The highest BCUT2D eigenvalue weighted by Crippen LogP contribution is 2.29. The van der Waals surface area contributed by atoms with Gasteiger partial charge >= 0.3 is 5.97 Å². The van der Waals surface area contributed by atoms with Crippen molar-refractivity contribution in [2.45, 2.75) is 12.5 Å². The molecule has 30 heavy (non-hydrogen) atoms. The van der Waals surface area contributed by atoms with Crippen LogP contribution in [0.5, 0.6) is 0 Å². The van der Waals surface area contributed by atoms with Crippen LogP contribution in [0.4, 0.5) is 0 Å². The molecule has 4 rings (SSSR count). The van der Waals surface area contributed by atoms with E-state index in [0.717, 1.165) is 21.5 Å². The summed E-state index contributed by atoms with van der Waals surface area (Å²) in [5.74, 6) is -1.58. The summed E-state index contributed by atoms with van der Waals surface area (Å²) in [5, 5.41) is 16.6. The normalized spacial score (nSPS) is 12.1. The highest BCUT2D eigenvalue weighted by Gasteiger charge is 2.24. The standard InChI is InChI=1S/C24H17Cl2NO3/c25-17-10-9-16(20(26)13-17)12-21(24(29)30)27-23(28)22-18-7-3-1-5-14(18)11-15-6-2-4-8-19(15)22/h1-11,13,21H,12H2,(H,27,28)(H,29,30)/t21-/m0/s1. The third-order valence-corrected chi connectivity index (χ3v) is 5.63. The van der Waals surface area contributed by atoms with Gasteiger partial charge in [-0.05, 0) is 45.3 Å². The van der Waals surface area contributed by atoms with Gasteiger partial charge in [-0.15, -0.1) is 0 Å².